The van der Waals surface area contributed by atoms with E-state index in [2.05, 4.69) is 10.6 Å². The summed E-state index contributed by atoms with van der Waals surface area (Å²) >= 11 is 6.26. The lowest BCUT2D eigenvalue weighted by molar-refractivity contribution is -0.115. The number of para-hydroxylation sites is 1. The summed E-state index contributed by atoms with van der Waals surface area (Å²) in [5.74, 6) is 0.344. The third-order valence-electron chi connectivity index (χ3n) is 4.45. The highest BCUT2D eigenvalue weighted by molar-refractivity contribution is 8.26. The van der Waals surface area contributed by atoms with Gasteiger partial charge in [0.05, 0.1) is 4.91 Å². The summed E-state index contributed by atoms with van der Waals surface area (Å²) < 4.78 is 6.34. The predicted octanol–water partition coefficient (Wildman–Crippen LogP) is 5.01. The minimum absolute atomic E-state index is 0.160. The highest BCUT2D eigenvalue weighted by Gasteiger charge is 2.21. The average molecular weight is 447 g/mol. The molecule has 0 unspecified atom stereocenters. The van der Waals surface area contributed by atoms with Gasteiger partial charge in [-0.15, -0.1) is 0 Å². The van der Waals surface area contributed by atoms with Gasteiger partial charge >= 0.3 is 0 Å². The first-order chi connectivity index (χ1) is 15.1. The van der Waals surface area contributed by atoms with E-state index in [1.54, 1.807) is 18.2 Å². The number of hydrogen-bond donors (Lipinski definition) is 2. The quantitative estimate of drug-likeness (QED) is 0.412. The van der Waals surface area contributed by atoms with Crippen molar-refractivity contribution in [1.29, 1.82) is 0 Å². The number of carbonyl (C=O) groups is 2. The summed E-state index contributed by atoms with van der Waals surface area (Å²) in [5.41, 5.74) is 3.13. The molecular formula is C24H18N2O3S2. The maximum absolute atomic E-state index is 12.3. The molecule has 0 aromatic heterocycles. The van der Waals surface area contributed by atoms with Crippen molar-refractivity contribution in [3.05, 3.63) is 100 Å². The molecule has 1 fully saturated rings. The Morgan fingerprint density at radius 3 is 2.52 bits per heavy atom. The first-order valence-corrected chi connectivity index (χ1v) is 10.7. The molecule has 0 radical (unpaired) electrons. The number of carbonyl (C=O) groups excluding carboxylic acids is 2. The molecule has 0 saturated carbocycles. The average Bonchev–Trinajstić information content (AvgIpc) is 3.10. The molecule has 4 rings (SSSR count). The van der Waals surface area contributed by atoms with Gasteiger partial charge in [-0.2, -0.15) is 0 Å². The van der Waals surface area contributed by atoms with Gasteiger partial charge in [0.2, 0.25) is 0 Å². The molecule has 2 amide bonds. The van der Waals surface area contributed by atoms with Crippen molar-refractivity contribution in [3.8, 4) is 5.75 Å². The molecule has 0 spiro atoms. The van der Waals surface area contributed by atoms with Crippen LogP contribution in [0.5, 0.6) is 5.75 Å². The molecule has 1 saturated heterocycles. The van der Waals surface area contributed by atoms with Crippen LogP contribution in [-0.4, -0.2) is 16.1 Å². The first-order valence-electron chi connectivity index (χ1n) is 9.50. The van der Waals surface area contributed by atoms with Crippen molar-refractivity contribution in [2.45, 2.75) is 6.61 Å². The molecule has 1 aliphatic heterocycles. The normalized spacial score (nSPS) is 14.4. The summed E-state index contributed by atoms with van der Waals surface area (Å²) in [5, 5.41) is 5.47. The maximum atomic E-state index is 12.3. The van der Waals surface area contributed by atoms with Gasteiger partial charge in [-0.05, 0) is 53.6 Å². The zero-order valence-electron chi connectivity index (χ0n) is 16.3. The number of ether oxygens (including phenoxy) is 1. The Morgan fingerprint density at radius 1 is 1.03 bits per heavy atom. The van der Waals surface area contributed by atoms with E-state index in [1.165, 1.54) is 11.8 Å². The van der Waals surface area contributed by atoms with Gasteiger partial charge in [0.1, 0.15) is 16.7 Å². The standard InChI is InChI=1S/C24H18N2O3S2/c27-22(25-19-6-2-1-3-7-19)18-11-9-16(10-12-18)15-29-20-8-4-5-17(13-20)14-21-23(28)26-24(30)31-21/h1-14H,15H2,(H,25,27)(H,26,28,30). The highest BCUT2D eigenvalue weighted by Crippen LogP contribution is 2.27. The highest BCUT2D eigenvalue weighted by atomic mass is 32.2. The van der Waals surface area contributed by atoms with Crippen LogP contribution in [-0.2, 0) is 11.4 Å². The number of thioether (sulfide) groups is 1. The number of rotatable bonds is 6. The molecule has 1 aliphatic rings. The van der Waals surface area contributed by atoms with Crippen LogP contribution < -0.4 is 15.4 Å². The fraction of sp³-hybridized carbons (Fsp3) is 0.0417. The zero-order chi connectivity index (χ0) is 21.6. The van der Waals surface area contributed by atoms with Crippen molar-refractivity contribution >= 4 is 51.9 Å². The van der Waals surface area contributed by atoms with Crippen molar-refractivity contribution in [1.82, 2.24) is 5.32 Å². The van der Waals surface area contributed by atoms with Gasteiger partial charge < -0.3 is 15.4 Å². The Balaban J connectivity index is 1.36. The van der Waals surface area contributed by atoms with Crippen LogP contribution in [0.4, 0.5) is 5.69 Å². The summed E-state index contributed by atoms with van der Waals surface area (Å²) in [6.45, 7) is 0.361. The molecule has 154 valence electrons. The van der Waals surface area contributed by atoms with E-state index < -0.39 is 0 Å². The molecule has 0 bridgehead atoms. The second kappa shape index (κ2) is 9.59. The monoisotopic (exact) mass is 446 g/mol. The number of thiocarbonyl (C=S) groups is 1. The third-order valence-corrected chi connectivity index (χ3v) is 5.61. The second-order valence-corrected chi connectivity index (χ2v) is 8.45. The molecular weight excluding hydrogens is 428 g/mol. The molecule has 7 heteroatoms. The van der Waals surface area contributed by atoms with E-state index in [9.17, 15) is 9.59 Å². The lowest BCUT2D eigenvalue weighted by Crippen LogP contribution is -2.17. The SMILES string of the molecule is O=C1NC(=S)SC1=Cc1cccc(OCc2ccc(C(=O)Nc3ccccc3)cc2)c1. The summed E-state index contributed by atoms with van der Waals surface area (Å²) in [7, 11) is 0. The van der Waals surface area contributed by atoms with Crippen LogP contribution in [0.15, 0.2) is 83.8 Å². The van der Waals surface area contributed by atoms with Crippen molar-refractivity contribution < 1.29 is 14.3 Å². The summed E-state index contributed by atoms with van der Waals surface area (Å²) in [6.07, 6.45) is 1.78. The molecule has 3 aromatic carbocycles. The number of amides is 2. The molecule has 31 heavy (non-hydrogen) atoms. The van der Waals surface area contributed by atoms with Gasteiger partial charge in [0.25, 0.3) is 11.8 Å². The lowest BCUT2D eigenvalue weighted by Gasteiger charge is -2.09. The fourth-order valence-corrected chi connectivity index (χ4v) is 3.95. The van der Waals surface area contributed by atoms with E-state index in [4.69, 9.17) is 17.0 Å². The van der Waals surface area contributed by atoms with Crippen LogP contribution in [0, 0.1) is 0 Å². The van der Waals surface area contributed by atoms with Gasteiger partial charge in [-0.1, -0.05) is 66.4 Å². The Labute approximate surface area is 189 Å². The van der Waals surface area contributed by atoms with Crippen molar-refractivity contribution in [3.63, 3.8) is 0 Å². The number of benzene rings is 3. The summed E-state index contributed by atoms with van der Waals surface area (Å²) in [4.78, 5) is 24.7. The van der Waals surface area contributed by atoms with E-state index >= 15 is 0 Å². The smallest absolute Gasteiger partial charge is 0.263 e. The largest absolute Gasteiger partial charge is 0.489 e. The van der Waals surface area contributed by atoms with Gasteiger partial charge in [0.15, 0.2) is 0 Å². The third kappa shape index (κ3) is 5.59. The predicted molar refractivity (Wildman–Crippen MR) is 128 cm³/mol. The molecule has 0 aliphatic carbocycles. The van der Waals surface area contributed by atoms with Crippen molar-refractivity contribution in [2.75, 3.05) is 5.32 Å². The van der Waals surface area contributed by atoms with Gasteiger partial charge in [0, 0.05) is 11.3 Å². The van der Waals surface area contributed by atoms with Crippen LogP contribution in [0.3, 0.4) is 0 Å². The fourth-order valence-electron chi connectivity index (χ4n) is 2.91. The zero-order valence-corrected chi connectivity index (χ0v) is 18.0. The maximum Gasteiger partial charge on any atom is 0.263 e. The first kappa shape index (κ1) is 20.8. The molecule has 1 heterocycles. The Bertz CT molecular complexity index is 1160. The molecule has 2 N–H and O–H groups in total. The van der Waals surface area contributed by atoms with Crippen LogP contribution in [0.2, 0.25) is 0 Å². The summed E-state index contributed by atoms with van der Waals surface area (Å²) in [6, 6.07) is 24.1. The lowest BCUT2D eigenvalue weighted by atomic mass is 10.1. The van der Waals surface area contributed by atoms with Gasteiger partial charge in [-0.3, -0.25) is 9.59 Å². The molecule has 5 nitrogen and oxygen atoms in total. The van der Waals surface area contributed by atoms with E-state index in [-0.39, 0.29) is 11.8 Å². The Morgan fingerprint density at radius 2 is 1.81 bits per heavy atom. The topological polar surface area (TPSA) is 67.4 Å². The Hall–Kier alpha value is -3.42. The number of anilines is 1. The molecule has 3 aromatic rings. The minimum atomic E-state index is -0.183. The van der Waals surface area contributed by atoms with Gasteiger partial charge in [-0.25, -0.2) is 0 Å². The number of hydrogen-bond acceptors (Lipinski definition) is 5. The van der Waals surface area contributed by atoms with Crippen LogP contribution in [0.25, 0.3) is 6.08 Å². The minimum Gasteiger partial charge on any atom is -0.489 e. The number of nitrogens with one attached hydrogen (secondary N) is 2. The van der Waals surface area contributed by atoms with Crippen LogP contribution in [0.1, 0.15) is 21.5 Å². The van der Waals surface area contributed by atoms with E-state index in [0.29, 0.717) is 27.1 Å². The second-order valence-electron chi connectivity index (χ2n) is 6.73. The van der Waals surface area contributed by atoms with E-state index in [0.717, 1.165) is 16.8 Å². The Kier molecular flexibility index (Phi) is 6.45. The van der Waals surface area contributed by atoms with Crippen molar-refractivity contribution in [2.24, 2.45) is 0 Å². The van der Waals surface area contributed by atoms with E-state index in [1.807, 2.05) is 66.7 Å². The molecule has 0 atom stereocenters. The van der Waals surface area contributed by atoms with Crippen LogP contribution >= 0.6 is 24.0 Å².